The van der Waals surface area contributed by atoms with Gasteiger partial charge in [-0.3, -0.25) is 9.59 Å². The Labute approximate surface area is 135 Å². The summed E-state index contributed by atoms with van der Waals surface area (Å²) < 4.78 is 5.80. The molecule has 4 nitrogen and oxygen atoms in total. The van der Waals surface area contributed by atoms with E-state index in [4.69, 9.17) is 4.74 Å². The van der Waals surface area contributed by atoms with Crippen molar-refractivity contribution in [1.82, 2.24) is 0 Å². The Morgan fingerprint density at radius 2 is 1.83 bits per heavy atom. The SMILES string of the molecule is Cc1ccc2c(c1)C(=O)C(=O)N2CCOc1cccc(C)c1C. The van der Waals surface area contributed by atoms with Crippen LogP contribution in [-0.2, 0) is 4.79 Å². The number of carbonyl (C=O) groups excluding carboxylic acids is 2. The van der Waals surface area contributed by atoms with Gasteiger partial charge in [-0.15, -0.1) is 0 Å². The van der Waals surface area contributed by atoms with Crippen LogP contribution in [0.1, 0.15) is 27.0 Å². The second-order valence-corrected chi connectivity index (χ2v) is 5.85. The first-order valence-electron chi connectivity index (χ1n) is 7.65. The molecule has 23 heavy (non-hydrogen) atoms. The fraction of sp³-hybridized carbons (Fsp3) is 0.263. The second kappa shape index (κ2) is 5.88. The number of ether oxygens (including phenoxy) is 1. The van der Waals surface area contributed by atoms with E-state index in [-0.39, 0.29) is 0 Å². The van der Waals surface area contributed by atoms with E-state index in [1.54, 1.807) is 6.07 Å². The summed E-state index contributed by atoms with van der Waals surface area (Å²) in [6.45, 7) is 6.64. The number of nitrogens with zero attached hydrogens (tertiary/aromatic N) is 1. The molecule has 3 rings (SSSR count). The minimum absolute atomic E-state index is 0.344. The van der Waals surface area contributed by atoms with Crippen LogP contribution in [0.25, 0.3) is 0 Å². The number of hydrogen-bond donors (Lipinski definition) is 0. The van der Waals surface area contributed by atoms with Crippen molar-refractivity contribution in [1.29, 1.82) is 0 Å². The first kappa shape index (κ1) is 15.3. The van der Waals surface area contributed by atoms with Gasteiger partial charge in [0.05, 0.1) is 17.8 Å². The summed E-state index contributed by atoms with van der Waals surface area (Å²) >= 11 is 0. The van der Waals surface area contributed by atoms with E-state index in [9.17, 15) is 9.59 Å². The van der Waals surface area contributed by atoms with Crippen LogP contribution in [0.15, 0.2) is 36.4 Å². The van der Waals surface area contributed by atoms with Crippen molar-refractivity contribution in [2.45, 2.75) is 20.8 Å². The maximum absolute atomic E-state index is 12.2. The zero-order valence-corrected chi connectivity index (χ0v) is 13.6. The molecule has 0 N–H and O–H groups in total. The highest BCUT2D eigenvalue weighted by molar-refractivity contribution is 6.52. The molecule has 2 aromatic rings. The Hall–Kier alpha value is -2.62. The van der Waals surface area contributed by atoms with Crippen molar-refractivity contribution in [3.8, 4) is 5.75 Å². The molecule has 0 saturated carbocycles. The number of hydrogen-bond acceptors (Lipinski definition) is 3. The van der Waals surface area contributed by atoms with Crippen molar-refractivity contribution in [2.75, 3.05) is 18.1 Å². The summed E-state index contributed by atoms with van der Waals surface area (Å²) in [5, 5.41) is 0. The molecule has 118 valence electrons. The largest absolute Gasteiger partial charge is 0.491 e. The normalized spacial score (nSPS) is 13.4. The number of Topliss-reactive ketones (excluding diaryl/α,β-unsaturated/α-hetero) is 1. The zero-order chi connectivity index (χ0) is 16.6. The molecular formula is C19H19NO3. The molecule has 0 aliphatic carbocycles. The lowest BCUT2D eigenvalue weighted by Crippen LogP contribution is -2.33. The Morgan fingerprint density at radius 3 is 2.61 bits per heavy atom. The smallest absolute Gasteiger partial charge is 0.299 e. The van der Waals surface area contributed by atoms with E-state index in [0.717, 1.165) is 22.4 Å². The van der Waals surface area contributed by atoms with E-state index in [1.807, 2.05) is 51.1 Å². The average molecular weight is 309 g/mol. The average Bonchev–Trinajstić information content (AvgIpc) is 2.76. The number of ketones is 1. The molecule has 1 aliphatic heterocycles. The van der Waals surface area contributed by atoms with Crippen molar-refractivity contribution >= 4 is 17.4 Å². The fourth-order valence-electron chi connectivity index (χ4n) is 2.76. The number of benzene rings is 2. The van der Waals surface area contributed by atoms with Crippen LogP contribution in [0.2, 0.25) is 0 Å². The molecule has 0 atom stereocenters. The molecule has 0 unspecified atom stereocenters. The van der Waals surface area contributed by atoms with Gasteiger partial charge in [0.15, 0.2) is 0 Å². The van der Waals surface area contributed by atoms with Crippen molar-refractivity contribution in [3.63, 3.8) is 0 Å². The Morgan fingerprint density at radius 1 is 1.04 bits per heavy atom. The highest BCUT2D eigenvalue weighted by Crippen LogP contribution is 2.29. The van der Waals surface area contributed by atoms with Crippen LogP contribution >= 0.6 is 0 Å². The molecule has 0 aromatic heterocycles. The lowest BCUT2D eigenvalue weighted by molar-refractivity contribution is -0.114. The summed E-state index contributed by atoms with van der Waals surface area (Å²) in [7, 11) is 0. The number of fused-ring (bicyclic) bond motifs is 1. The lowest BCUT2D eigenvalue weighted by atomic mass is 10.1. The molecule has 4 heteroatoms. The molecule has 0 bridgehead atoms. The maximum atomic E-state index is 12.2. The van der Waals surface area contributed by atoms with Gasteiger partial charge in [-0.25, -0.2) is 0 Å². The van der Waals surface area contributed by atoms with Gasteiger partial charge in [-0.2, -0.15) is 0 Å². The van der Waals surface area contributed by atoms with E-state index >= 15 is 0 Å². The zero-order valence-electron chi connectivity index (χ0n) is 13.6. The maximum Gasteiger partial charge on any atom is 0.299 e. The Balaban J connectivity index is 1.73. The molecule has 1 aliphatic rings. The van der Waals surface area contributed by atoms with Crippen LogP contribution in [0.5, 0.6) is 5.75 Å². The number of anilines is 1. The summed E-state index contributed by atoms with van der Waals surface area (Å²) in [5.41, 5.74) is 4.39. The predicted octanol–water partition coefficient (Wildman–Crippen LogP) is 3.22. The lowest BCUT2D eigenvalue weighted by Gasteiger charge is -2.18. The minimum Gasteiger partial charge on any atom is -0.491 e. The molecule has 0 saturated heterocycles. The summed E-state index contributed by atoms with van der Waals surface area (Å²) in [6, 6.07) is 11.4. The highest BCUT2D eigenvalue weighted by atomic mass is 16.5. The highest BCUT2D eigenvalue weighted by Gasteiger charge is 2.35. The summed E-state index contributed by atoms with van der Waals surface area (Å²) in [4.78, 5) is 25.7. The molecule has 2 aromatic carbocycles. The molecule has 0 radical (unpaired) electrons. The van der Waals surface area contributed by atoms with Crippen LogP contribution in [0, 0.1) is 20.8 Å². The third-order valence-corrected chi connectivity index (χ3v) is 4.25. The van der Waals surface area contributed by atoms with Gasteiger partial charge in [0.1, 0.15) is 12.4 Å². The van der Waals surface area contributed by atoms with E-state index < -0.39 is 11.7 Å². The van der Waals surface area contributed by atoms with Crippen LogP contribution in [0.4, 0.5) is 5.69 Å². The number of rotatable bonds is 4. The van der Waals surface area contributed by atoms with Gasteiger partial charge < -0.3 is 9.64 Å². The third-order valence-electron chi connectivity index (χ3n) is 4.25. The van der Waals surface area contributed by atoms with Gasteiger partial charge in [-0.1, -0.05) is 23.8 Å². The molecule has 0 fully saturated rings. The van der Waals surface area contributed by atoms with E-state index in [1.165, 1.54) is 4.90 Å². The molecule has 0 spiro atoms. The molecule has 1 amide bonds. The topological polar surface area (TPSA) is 46.6 Å². The van der Waals surface area contributed by atoms with Crippen molar-refractivity contribution in [3.05, 3.63) is 58.7 Å². The van der Waals surface area contributed by atoms with Gasteiger partial charge in [-0.05, 0) is 50.1 Å². The monoisotopic (exact) mass is 309 g/mol. The van der Waals surface area contributed by atoms with Gasteiger partial charge >= 0.3 is 0 Å². The van der Waals surface area contributed by atoms with Gasteiger partial charge in [0, 0.05) is 0 Å². The summed E-state index contributed by atoms with van der Waals surface area (Å²) in [6.07, 6.45) is 0. The quantitative estimate of drug-likeness (QED) is 0.815. The standard InChI is InChI=1S/C19H19NO3/c1-12-7-8-16-15(11-12)18(21)19(22)20(16)9-10-23-17-6-4-5-13(2)14(17)3/h4-8,11H,9-10H2,1-3H3. The number of amides is 1. The number of carbonyl (C=O) groups is 2. The summed E-state index contributed by atoms with van der Waals surface area (Å²) in [5.74, 6) is -0.0993. The second-order valence-electron chi connectivity index (χ2n) is 5.85. The van der Waals surface area contributed by atoms with Crippen LogP contribution < -0.4 is 9.64 Å². The van der Waals surface area contributed by atoms with Gasteiger partial charge in [0.2, 0.25) is 0 Å². The Kier molecular flexibility index (Phi) is 3.90. The predicted molar refractivity (Wildman–Crippen MR) is 89.3 cm³/mol. The Bertz CT molecular complexity index is 795. The first-order valence-corrected chi connectivity index (χ1v) is 7.65. The number of aryl methyl sites for hydroxylation is 2. The van der Waals surface area contributed by atoms with Crippen molar-refractivity contribution < 1.29 is 14.3 Å². The van der Waals surface area contributed by atoms with E-state index in [2.05, 4.69) is 0 Å². The molecular weight excluding hydrogens is 290 g/mol. The fourth-order valence-corrected chi connectivity index (χ4v) is 2.76. The third kappa shape index (κ3) is 2.72. The van der Waals surface area contributed by atoms with Crippen LogP contribution in [0.3, 0.4) is 0 Å². The van der Waals surface area contributed by atoms with Crippen LogP contribution in [-0.4, -0.2) is 24.8 Å². The van der Waals surface area contributed by atoms with Gasteiger partial charge in [0.25, 0.3) is 11.7 Å². The minimum atomic E-state index is -0.477. The molecule has 1 heterocycles. The first-order chi connectivity index (χ1) is 11.0. The van der Waals surface area contributed by atoms with E-state index in [0.29, 0.717) is 24.4 Å². The van der Waals surface area contributed by atoms with Crippen molar-refractivity contribution in [2.24, 2.45) is 0 Å².